The minimum Gasteiger partial charge on any atom is -0.352 e. The molecule has 0 bridgehead atoms. The topological polar surface area (TPSA) is 36.4 Å². The molecule has 3 aromatic rings. The van der Waals surface area contributed by atoms with E-state index in [9.17, 15) is 0 Å². The van der Waals surface area contributed by atoms with Crippen molar-refractivity contribution in [3.05, 3.63) is 101 Å². The van der Waals surface area contributed by atoms with Crippen LogP contribution >= 0.6 is 11.6 Å². The molecule has 0 saturated carbocycles. The molecular formula is C22H20ClN3. The lowest BCUT2D eigenvalue weighted by Gasteiger charge is -2.17. The molecule has 0 amide bonds. The molecule has 4 rings (SSSR count). The Morgan fingerprint density at radius 3 is 2.46 bits per heavy atom. The van der Waals surface area contributed by atoms with Gasteiger partial charge >= 0.3 is 0 Å². The highest BCUT2D eigenvalue weighted by molar-refractivity contribution is 6.30. The molecule has 0 fully saturated rings. The first-order valence-electron chi connectivity index (χ1n) is 8.73. The predicted octanol–water partition coefficient (Wildman–Crippen LogP) is 5.04. The Morgan fingerprint density at radius 2 is 1.65 bits per heavy atom. The summed E-state index contributed by atoms with van der Waals surface area (Å²) in [5.41, 5.74) is 4.81. The molecule has 0 aliphatic carbocycles. The van der Waals surface area contributed by atoms with Gasteiger partial charge in [-0.2, -0.15) is 0 Å². The van der Waals surface area contributed by atoms with E-state index < -0.39 is 0 Å². The average Bonchev–Trinajstić information content (AvgIpc) is 2.87. The maximum atomic E-state index is 5.96. The summed E-state index contributed by atoms with van der Waals surface area (Å²) in [6.07, 6.45) is 0. The quantitative estimate of drug-likeness (QED) is 0.685. The molecule has 3 aromatic carbocycles. The Hall–Kier alpha value is -2.78. The van der Waals surface area contributed by atoms with Gasteiger partial charge in [0.25, 0.3) is 0 Å². The Bertz CT molecular complexity index is 904. The third-order valence-electron chi connectivity index (χ3n) is 4.60. The van der Waals surface area contributed by atoms with Crippen LogP contribution in [0.25, 0.3) is 0 Å². The average molecular weight is 362 g/mol. The van der Waals surface area contributed by atoms with Crippen LogP contribution in [0.1, 0.15) is 22.6 Å². The van der Waals surface area contributed by atoms with Gasteiger partial charge in [-0.3, -0.25) is 4.99 Å². The fourth-order valence-corrected chi connectivity index (χ4v) is 3.35. The summed E-state index contributed by atoms with van der Waals surface area (Å²) in [4.78, 5) is 4.80. The zero-order valence-electron chi connectivity index (χ0n) is 14.3. The molecule has 4 heteroatoms. The lowest BCUT2D eigenvalue weighted by molar-refractivity contribution is 0.817. The van der Waals surface area contributed by atoms with Gasteiger partial charge < -0.3 is 10.6 Å². The second kappa shape index (κ2) is 7.63. The number of aliphatic imine (C=N–C) groups is 1. The first-order chi connectivity index (χ1) is 12.8. The lowest BCUT2D eigenvalue weighted by Crippen LogP contribution is -2.30. The van der Waals surface area contributed by atoms with Gasteiger partial charge in [-0.05, 0) is 34.9 Å². The molecule has 1 aliphatic rings. The van der Waals surface area contributed by atoms with E-state index in [4.69, 9.17) is 16.6 Å². The highest BCUT2D eigenvalue weighted by Crippen LogP contribution is 2.32. The van der Waals surface area contributed by atoms with Crippen molar-refractivity contribution >= 4 is 23.2 Å². The SMILES string of the molecule is Clc1ccc(CNC2=NCC(c3ccccc3)c3ccccc3N2)cc1. The number of fused-ring (bicyclic) bond motifs is 1. The maximum absolute atomic E-state index is 5.96. The molecule has 0 spiro atoms. The zero-order chi connectivity index (χ0) is 17.8. The van der Waals surface area contributed by atoms with Crippen molar-refractivity contribution in [1.82, 2.24) is 5.32 Å². The highest BCUT2D eigenvalue weighted by atomic mass is 35.5. The highest BCUT2D eigenvalue weighted by Gasteiger charge is 2.20. The summed E-state index contributed by atoms with van der Waals surface area (Å²) in [5.74, 6) is 1.04. The van der Waals surface area contributed by atoms with Gasteiger partial charge in [0.1, 0.15) is 0 Å². The monoisotopic (exact) mass is 361 g/mol. The van der Waals surface area contributed by atoms with Gasteiger partial charge in [0.15, 0.2) is 5.96 Å². The number of benzene rings is 3. The standard InChI is InChI=1S/C22H20ClN3/c23-18-12-10-16(11-13-18)14-24-22-25-15-20(17-6-2-1-3-7-17)19-8-4-5-9-21(19)26-22/h1-13,20H,14-15H2,(H2,24,25,26). The van der Waals surface area contributed by atoms with Crippen LogP contribution in [0.4, 0.5) is 5.69 Å². The molecule has 1 atom stereocenters. The summed E-state index contributed by atoms with van der Waals surface area (Å²) in [6.45, 7) is 1.40. The number of halogens is 1. The number of para-hydroxylation sites is 1. The van der Waals surface area contributed by atoms with E-state index in [-0.39, 0.29) is 5.92 Å². The summed E-state index contributed by atoms with van der Waals surface area (Å²) in [5, 5.41) is 7.61. The number of guanidine groups is 1. The molecule has 3 nitrogen and oxygen atoms in total. The van der Waals surface area contributed by atoms with Crippen LogP contribution in [0.5, 0.6) is 0 Å². The molecule has 1 aliphatic heterocycles. The number of hydrogen-bond donors (Lipinski definition) is 2. The van der Waals surface area contributed by atoms with E-state index >= 15 is 0 Å². The predicted molar refractivity (Wildman–Crippen MR) is 109 cm³/mol. The molecule has 1 unspecified atom stereocenters. The third kappa shape index (κ3) is 3.73. The lowest BCUT2D eigenvalue weighted by atomic mass is 9.90. The van der Waals surface area contributed by atoms with Crippen molar-refractivity contribution in [2.24, 2.45) is 4.99 Å². The largest absolute Gasteiger partial charge is 0.352 e. The van der Waals surface area contributed by atoms with Gasteiger partial charge in [-0.25, -0.2) is 0 Å². The molecule has 2 N–H and O–H groups in total. The van der Waals surface area contributed by atoms with Gasteiger partial charge in [0, 0.05) is 23.2 Å². The first-order valence-corrected chi connectivity index (χ1v) is 9.11. The van der Waals surface area contributed by atoms with Crippen LogP contribution in [0.2, 0.25) is 5.02 Å². The van der Waals surface area contributed by atoms with Crippen molar-refractivity contribution in [3.63, 3.8) is 0 Å². The molecule has 26 heavy (non-hydrogen) atoms. The fourth-order valence-electron chi connectivity index (χ4n) is 3.22. The Balaban J connectivity index is 1.57. The normalized spacial score (nSPS) is 16.0. The minimum atomic E-state index is 0.245. The maximum Gasteiger partial charge on any atom is 0.196 e. The second-order valence-corrected chi connectivity index (χ2v) is 6.78. The summed E-state index contributed by atoms with van der Waals surface area (Å²) in [7, 11) is 0. The van der Waals surface area contributed by atoms with Crippen LogP contribution in [0.15, 0.2) is 83.9 Å². The number of hydrogen-bond acceptors (Lipinski definition) is 3. The smallest absolute Gasteiger partial charge is 0.196 e. The van der Waals surface area contributed by atoms with Crippen LogP contribution in [0, 0.1) is 0 Å². The summed E-state index contributed by atoms with van der Waals surface area (Å²) < 4.78 is 0. The molecule has 0 saturated heterocycles. The Labute approximate surface area is 158 Å². The van der Waals surface area contributed by atoms with Crippen LogP contribution in [-0.2, 0) is 6.54 Å². The molecule has 130 valence electrons. The van der Waals surface area contributed by atoms with Gasteiger partial charge in [-0.1, -0.05) is 72.3 Å². The molecule has 0 aromatic heterocycles. The van der Waals surface area contributed by atoms with E-state index in [0.29, 0.717) is 13.1 Å². The Morgan fingerprint density at radius 1 is 0.923 bits per heavy atom. The molecule has 0 radical (unpaired) electrons. The van der Waals surface area contributed by atoms with Gasteiger partial charge in [0.2, 0.25) is 0 Å². The fraction of sp³-hybridized carbons (Fsp3) is 0.136. The second-order valence-electron chi connectivity index (χ2n) is 6.34. The summed E-state index contributed by atoms with van der Waals surface area (Å²) >= 11 is 5.96. The molecule has 1 heterocycles. The van der Waals surface area contributed by atoms with Crippen molar-refractivity contribution in [1.29, 1.82) is 0 Å². The number of nitrogens with one attached hydrogen (secondary N) is 2. The van der Waals surface area contributed by atoms with Crippen LogP contribution in [0.3, 0.4) is 0 Å². The number of rotatable bonds is 3. The van der Waals surface area contributed by atoms with E-state index in [2.05, 4.69) is 59.2 Å². The van der Waals surface area contributed by atoms with E-state index in [1.54, 1.807) is 0 Å². The molecular weight excluding hydrogens is 342 g/mol. The van der Waals surface area contributed by atoms with Crippen LogP contribution < -0.4 is 10.6 Å². The van der Waals surface area contributed by atoms with E-state index in [1.807, 2.05) is 30.3 Å². The van der Waals surface area contributed by atoms with Crippen molar-refractivity contribution < 1.29 is 0 Å². The number of anilines is 1. The van der Waals surface area contributed by atoms with Crippen molar-refractivity contribution in [2.75, 3.05) is 11.9 Å². The summed E-state index contributed by atoms with van der Waals surface area (Å²) in [6, 6.07) is 26.8. The van der Waals surface area contributed by atoms with Gasteiger partial charge in [0.05, 0.1) is 6.54 Å². The minimum absolute atomic E-state index is 0.245. The van der Waals surface area contributed by atoms with E-state index in [0.717, 1.165) is 22.2 Å². The van der Waals surface area contributed by atoms with Crippen molar-refractivity contribution in [3.8, 4) is 0 Å². The number of nitrogens with zero attached hydrogens (tertiary/aromatic N) is 1. The third-order valence-corrected chi connectivity index (χ3v) is 4.85. The zero-order valence-corrected chi connectivity index (χ0v) is 15.1. The Kier molecular flexibility index (Phi) is 4.89. The van der Waals surface area contributed by atoms with E-state index in [1.165, 1.54) is 11.1 Å². The van der Waals surface area contributed by atoms with Crippen LogP contribution in [-0.4, -0.2) is 12.5 Å². The first kappa shape index (κ1) is 16.7. The van der Waals surface area contributed by atoms with Crippen molar-refractivity contribution in [2.45, 2.75) is 12.5 Å². The van der Waals surface area contributed by atoms with Gasteiger partial charge in [-0.15, -0.1) is 0 Å².